The van der Waals surface area contributed by atoms with Gasteiger partial charge in [0.1, 0.15) is 11.3 Å². The first-order valence-corrected chi connectivity index (χ1v) is 5.41. The maximum Gasteiger partial charge on any atom is 0.360 e. The molecule has 0 fully saturated rings. The van der Waals surface area contributed by atoms with Gasteiger partial charge in [-0.15, -0.1) is 0 Å². The summed E-state index contributed by atoms with van der Waals surface area (Å²) in [6.45, 7) is 1.52. The molecule has 86 valence electrons. The van der Waals surface area contributed by atoms with Crippen LogP contribution in [0.15, 0.2) is 44.5 Å². The van der Waals surface area contributed by atoms with Gasteiger partial charge in [0, 0.05) is 11.9 Å². The molecule has 1 aromatic carbocycles. The van der Waals surface area contributed by atoms with Crippen LogP contribution in [0.1, 0.15) is 0 Å². The van der Waals surface area contributed by atoms with Crippen molar-refractivity contribution in [2.75, 3.05) is 18.4 Å². The van der Waals surface area contributed by atoms with E-state index in [0.29, 0.717) is 17.2 Å². The Hall–Kier alpha value is -2.30. The van der Waals surface area contributed by atoms with Crippen LogP contribution in [-0.2, 0) is 0 Å². The summed E-state index contributed by atoms with van der Waals surface area (Å²) >= 11 is 0. The van der Waals surface area contributed by atoms with Crippen molar-refractivity contribution in [2.24, 2.45) is 4.99 Å². The highest BCUT2D eigenvalue weighted by molar-refractivity contribution is 5.95. The molecule has 2 N–H and O–H groups in total. The fraction of sp³-hybridized carbons (Fsp3) is 0.167. The van der Waals surface area contributed by atoms with Crippen molar-refractivity contribution in [3.63, 3.8) is 0 Å². The lowest BCUT2D eigenvalue weighted by atomic mass is 10.2. The van der Waals surface area contributed by atoms with Gasteiger partial charge < -0.3 is 15.1 Å². The summed E-state index contributed by atoms with van der Waals surface area (Å²) in [5.41, 5.74) is 0.598. The van der Waals surface area contributed by atoms with E-state index in [1.165, 1.54) is 0 Å². The average molecular weight is 229 g/mol. The average Bonchev–Trinajstić information content (AvgIpc) is 2.83. The van der Waals surface area contributed by atoms with Crippen molar-refractivity contribution in [2.45, 2.75) is 0 Å². The van der Waals surface area contributed by atoms with Gasteiger partial charge in [-0.05, 0) is 12.1 Å². The summed E-state index contributed by atoms with van der Waals surface area (Å²) in [4.78, 5) is 15.9. The van der Waals surface area contributed by atoms with Crippen LogP contribution >= 0.6 is 0 Å². The largest absolute Gasteiger partial charge is 0.421 e. The third-order valence-corrected chi connectivity index (χ3v) is 2.57. The van der Waals surface area contributed by atoms with Crippen LogP contribution in [0.4, 0.5) is 5.69 Å². The number of guanidine groups is 1. The van der Waals surface area contributed by atoms with E-state index in [4.69, 9.17) is 4.42 Å². The normalized spacial score (nSPS) is 14.5. The van der Waals surface area contributed by atoms with Gasteiger partial charge in [0.05, 0.1) is 6.54 Å². The smallest absolute Gasteiger partial charge is 0.360 e. The second-order valence-electron chi connectivity index (χ2n) is 3.77. The van der Waals surface area contributed by atoms with Crippen LogP contribution in [0.2, 0.25) is 0 Å². The number of fused-ring (bicyclic) bond motifs is 1. The minimum absolute atomic E-state index is 0.389. The Labute approximate surface area is 97.2 Å². The van der Waals surface area contributed by atoms with Crippen molar-refractivity contribution in [3.8, 4) is 0 Å². The van der Waals surface area contributed by atoms with Gasteiger partial charge in [0.15, 0.2) is 5.96 Å². The lowest BCUT2D eigenvalue weighted by molar-refractivity contribution is 0.564. The topological polar surface area (TPSA) is 66.6 Å². The molecule has 0 unspecified atom stereocenters. The molecule has 0 radical (unpaired) electrons. The second-order valence-corrected chi connectivity index (χ2v) is 3.77. The van der Waals surface area contributed by atoms with Gasteiger partial charge in [-0.25, -0.2) is 4.79 Å². The third-order valence-electron chi connectivity index (χ3n) is 2.57. The Morgan fingerprint density at radius 3 is 3.06 bits per heavy atom. The molecule has 1 aliphatic heterocycles. The number of benzene rings is 1. The number of anilines is 1. The molecule has 0 saturated carbocycles. The van der Waals surface area contributed by atoms with Gasteiger partial charge >= 0.3 is 5.63 Å². The van der Waals surface area contributed by atoms with E-state index < -0.39 is 0 Å². The van der Waals surface area contributed by atoms with Crippen molar-refractivity contribution < 1.29 is 4.42 Å². The Bertz CT molecular complexity index is 645. The summed E-state index contributed by atoms with van der Waals surface area (Å²) in [6.07, 6.45) is 0. The fourth-order valence-electron chi connectivity index (χ4n) is 1.76. The number of aliphatic imine (C=N–C) groups is 1. The second kappa shape index (κ2) is 3.93. The maximum absolute atomic E-state index is 11.7. The number of nitrogens with one attached hydrogen (secondary N) is 2. The van der Waals surface area contributed by atoms with E-state index in [1.807, 2.05) is 18.2 Å². The molecule has 0 bridgehead atoms. The number of hydrogen-bond acceptors (Lipinski definition) is 5. The summed E-state index contributed by atoms with van der Waals surface area (Å²) in [5.74, 6) is 0.618. The summed E-state index contributed by atoms with van der Waals surface area (Å²) in [6, 6.07) is 9.17. The lowest BCUT2D eigenvalue weighted by Crippen LogP contribution is -2.28. The Morgan fingerprint density at radius 2 is 2.24 bits per heavy atom. The van der Waals surface area contributed by atoms with E-state index >= 15 is 0 Å². The molecule has 0 aliphatic carbocycles. The van der Waals surface area contributed by atoms with Crippen molar-refractivity contribution in [1.29, 1.82) is 0 Å². The monoisotopic (exact) mass is 229 g/mol. The van der Waals surface area contributed by atoms with E-state index in [0.717, 1.165) is 18.5 Å². The minimum Gasteiger partial charge on any atom is -0.421 e. The summed E-state index contributed by atoms with van der Waals surface area (Å²) in [7, 11) is 0. The number of rotatable bonds is 1. The maximum atomic E-state index is 11.7. The standard InChI is InChI=1S/C12H11N3O2/c16-11-9(15-12-13-5-6-14-12)7-8-3-1-2-4-10(8)17-11/h1-4,7H,5-6H2,(H2,13,14,15). The first kappa shape index (κ1) is 9.89. The zero-order chi connectivity index (χ0) is 11.7. The highest BCUT2D eigenvalue weighted by Crippen LogP contribution is 2.14. The molecule has 1 aliphatic rings. The van der Waals surface area contributed by atoms with Crippen LogP contribution in [0.5, 0.6) is 0 Å². The SMILES string of the molecule is O=c1oc2ccccc2cc1NC1=NCCN1. The molecule has 0 atom stereocenters. The highest BCUT2D eigenvalue weighted by Gasteiger charge is 2.09. The van der Waals surface area contributed by atoms with E-state index in [-0.39, 0.29) is 5.63 Å². The zero-order valence-electron chi connectivity index (χ0n) is 9.06. The van der Waals surface area contributed by atoms with Crippen LogP contribution in [0.25, 0.3) is 11.0 Å². The predicted octanol–water partition coefficient (Wildman–Crippen LogP) is 1.16. The molecular weight excluding hydrogens is 218 g/mol. The van der Waals surface area contributed by atoms with Crippen LogP contribution in [-0.4, -0.2) is 19.0 Å². The molecule has 0 spiro atoms. The first-order valence-electron chi connectivity index (χ1n) is 5.41. The molecule has 3 rings (SSSR count). The Balaban J connectivity index is 2.04. The Morgan fingerprint density at radius 1 is 1.35 bits per heavy atom. The molecule has 2 aromatic rings. The Kier molecular flexibility index (Phi) is 2.29. The van der Waals surface area contributed by atoms with E-state index in [9.17, 15) is 4.79 Å². The highest BCUT2D eigenvalue weighted by atomic mass is 16.4. The van der Waals surface area contributed by atoms with Gasteiger partial charge in [-0.3, -0.25) is 4.99 Å². The van der Waals surface area contributed by atoms with Gasteiger partial charge in [0.2, 0.25) is 0 Å². The first-order chi connectivity index (χ1) is 8.33. The van der Waals surface area contributed by atoms with Crippen molar-refractivity contribution in [3.05, 3.63) is 40.8 Å². The van der Waals surface area contributed by atoms with Crippen molar-refractivity contribution >= 4 is 22.6 Å². The van der Waals surface area contributed by atoms with Crippen LogP contribution in [0, 0.1) is 0 Å². The predicted molar refractivity (Wildman–Crippen MR) is 66.4 cm³/mol. The van der Waals surface area contributed by atoms with Crippen LogP contribution < -0.4 is 16.3 Å². The van der Waals surface area contributed by atoms with E-state index in [1.54, 1.807) is 12.1 Å². The van der Waals surface area contributed by atoms with Crippen molar-refractivity contribution in [1.82, 2.24) is 5.32 Å². The summed E-state index contributed by atoms with van der Waals surface area (Å²) < 4.78 is 5.20. The fourth-order valence-corrected chi connectivity index (χ4v) is 1.76. The van der Waals surface area contributed by atoms with Gasteiger partial charge in [0.25, 0.3) is 0 Å². The number of para-hydroxylation sites is 1. The summed E-state index contributed by atoms with van der Waals surface area (Å²) in [5, 5.41) is 6.86. The molecule has 1 aromatic heterocycles. The minimum atomic E-state index is -0.389. The van der Waals surface area contributed by atoms with Gasteiger partial charge in [-0.2, -0.15) is 0 Å². The molecule has 5 nitrogen and oxygen atoms in total. The molecule has 2 heterocycles. The molecule has 0 amide bonds. The number of nitrogens with zero attached hydrogens (tertiary/aromatic N) is 1. The lowest BCUT2D eigenvalue weighted by Gasteiger charge is -2.05. The molecule has 5 heteroatoms. The molecule has 17 heavy (non-hydrogen) atoms. The molecule has 0 saturated heterocycles. The van der Waals surface area contributed by atoms with Crippen LogP contribution in [0.3, 0.4) is 0 Å². The zero-order valence-corrected chi connectivity index (χ0v) is 9.06. The van der Waals surface area contributed by atoms with Gasteiger partial charge in [-0.1, -0.05) is 18.2 Å². The molecular formula is C12H11N3O2. The third kappa shape index (κ3) is 1.87. The van der Waals surface area contributed by atoms with E-state index in [2.05, 4.69) is 15.6 Å². The number of hydrogen-bond donors (Lipinski definition) is 2. The quantitative estimate of drug-likeness (QED) is 0.720.